The van der Waals surface area contributed by atoms with Gasteiger partial charge in [-0.25, -0.2) is 4.39 Å². The molecule has 2 aliphatic heterocycles. The van der Waals surface area contributed by atoms with E-state index < -0.39 is 0 Å². The Labute approximate surface area is 189 Å². The fourth-order valence-electron chi connectivity index (χ4n) is 5.65. The second-order valence-electron chi connectivity index (χ2n) is 9.33. The van der Waals surface area contributed by atoms with Crippen LogP contribution in [0.2, 0.25) is 0 Å². The van der Waals surface area contributed by atoms with Crippen molar-refractivity contribution < 1.29 is 13.9 Å². The first kappa shape index (κ1) is 21.1. The molecule has 3 aliphatic rings. The Bertz CT molecular complexity index is 958. The van der Waals surface area contributed by atoms with Crippen LogP contribution in [0.25, 0.3) is 0 Å². The molecule has 2 atom stereocenters. The van der Waals surface area contributed by atoms with E-state index in [2.05, 4.69) is 27.2 Å². The summed E-state index contributed by atoms with van der Waals surface area (Å²) in [6.45, 7) is 2.39. The van der Waals surface area contributed by atoms with Gasteiger partial charge in [0.15, 0.2) is 0 Å². The van der Waals surface area contributed by atoms with Gasteiger partial charge in [-0.2, -0.15) is 0 Å². The Morgan fingerprint density at radius 1 is 1.06 bits per heavy atom. The van der Waals surface area contributed by atoms with Gasteiger partial charge in [0.1, 0.15) is 11.6 Å². The van der Waals surface area contributed by atoms with Crippen LogP contribution in [0.1, 0.15) is 37.7 Å². The first-order chi connectivity index (χ1) is 15.6. The molecule has 1 saturated carbocycles. The van der Waals surface area contributed by atoms with Crippen LogP contribution in [0.4, 0.5) is 15.8 Å². The van der Waals surface area contributed by atoms with Gasteiger partial charge in [-0.15, -0.1) is 0 Å². The van der Waals surface area contributed by atoms with Crippen LogP contribution in [0.15, 0.2) is 42.5 Å². The van der Waals surface area contributed by atoms with E-state index in [1.165, 1.54) is 42.6 Å². The lowest BCUT2D eigenvalue weighted by atomic mass is 9.82. The molecule has 170 valence electrons. The number of hydrogen-bond donors (Lipinski definition) is 1. The minimum Gasteiger partial charge on any atom is -0.497 e. The quantitative estimate of drug-likeness (QED) is 0.781. The summed E-state index contributed by atoms with van der Waals surface area (Å²) in [6.07, 6.45) is 6.58. The number of amides is 1. The predicted molar refractivity (Wildman–Crippen MR) is 125 cm³/mol. The summed E-state index contributed by atoms with van der Waals surface area (Å²) >= 11 is 0. The number of methoxy groups -OCH3 is 1. The minimum absolute atomic E-state index is 0.0667. The summed E-state index contributed by atoms with van der Waals surface area (Å²) < 4.78 is 18.9. The SMILES string of the molecule is COc1ccc2c(c1)N1CCN(c3ccc(F)cc3)C[C@H]1[C@H](C(=O)NC1CCCCC1)C2. The molecule has 1 aliphatic carbocycles. The fraction of sp³-hybridized carbons (Fsp3) is 0.500. The number of rotatable bonds is 4. The third-order valence-corrected chi connectivity index (χ3v) is 7.40. The van der Waals surface area contributed by atoms with Crippen molar-refractivity contribution in [1.29, 1.82) is 0 Å². The lowest BCUT2D eigenvalue weighted by Gasteiger charge is -2.50. The van der Waals surface area contributed by atoms with Crippen molar-refractivity contribution in [1.82, 2.24) is 5.32 Å². The van der Waals surface area contributed by atoms with E-state index in [0.717, 1.165) is 50.3 Å². The standard InChI is InChI=1S/C26H32FN3O2/c1-32-22-12-7-18-15-23(26(31)28-20-5-3-2-4-6-20)25-17-29(13-14-30(25)24(18)16-22)21-10-8-19(27)9-11-21/h7-12,16,20,23,25H,2-6,13-15,17H2,1H3,(H,28,31)/t23-,25+/m1/s1. The zero-order valence-corrected chi connectivity index (χ0v) is 18.7. The van der Waals surface area contributed by atoms with E-state index in [9.17, 15) is 9.18 Å². The van der Waals surface area contributed by atoms with Gasteiger partial charge in [0, 0.05) is 43.1 Å². The van der Waals surface area contributed by atoms with Crippen LogP contribution in [-0.4, -0.2) is 44.7 Å². The van der Waals surface area contributed by atoms with Gasteiger partial charge in [0.2, 0.25) is 5.91 Å². The molecule has 6 heteroatoms. The van der Waals surface area contributed by atoms with Crippen molar-refractivity contribution in [3.8, 4) is 5.75 Å². The van der Waals surface area contributed by atoms with E-state index >= 15 is 0 Å². The first-order valence-corrected chi connectivity index (χ1v) is 11.9. The number of piperazine rings is 1. The van der Waals surface area contributed by atoms with Crippen molar-refractivity contribution in [2.75, 3.05) is 36.5 Å². The summed E-state index contributed by atoms with van der Waals surface area (Å²) in [6, 6.07) is 13.3. The number of carbonyl (C=O) groups excluding carboxylic acids is 1. The molecule has 0 aromatic heterocycles. The van der Waals surface area contributed by atoms with Crippen LogP contribution < -0.4 is 19.9 Å². The third-order valence-electron chi connectivity index (χ3n) is 7.40. The number of carbonyl (C=O) groups is 1. The molecule has 2 aromatic carbocycles. The maximum Gasteiger partial charge on any atom is 0.225 e. The topological polar surface area (TPSA) is 44.8 Å². The van der Waals surface area contributed by atoms with Crippen molar-refractivity contribution in [2.45, 2.75) is 50.6 Å². The van der Waals surface area contributed by atoms with Crippen LogP contribution in [0, 0.1) is 11.7 Å². The maximum absolute atomic E-state index is 13.5. The zero-order valence-electron chi connectivity index (χ0n) is 18.7. The molecule has 0 radical (unpaired) electrons. The summed E-state index contributed by atoms with van der Waals surface area (Å²) in [5.41, 5.74) is 3.39. The van der Waals surface area contributed by atoms with Gasteiger partial charge in [-0.3, -0.25) is 4.79 Å². The van der Waals surface area contributed by atoms with Gasteiger partial charge in [0.25, 0.3) is 0 Å². The predicted octanol–water partition coefficient (Wildman–Crippen LogP) is 4.15. The molecule has 2 fully saturated rings. The molecule has 0 bridgehead atoms. The summed E-state index contributed by atoms with van der Waals surface area (Å²) in [5.74, 6) is 0.680. The third kappa shape index (κ3) is 4.15. The number of halogens is 1. The lowest BCUT2D eigenvalue weighted by Crippen LogP contribution is -2.61. The van der Waals surface area contributed by atoms with Gasteiger partial charge < -0.3 is 19.9 Å². The van der Waals surface area contributed by atoms with Crippen molar-refractivity contribution in [2.24, 2.45) is 5.92 Å². The summed E-state index contributed by atoms with van der Waals surface area (Å²) in [7, 11) is 1.69. The second-order valence-corrected chi connectivity index (χ2v) is 9.33. The van der Waals surface area contributed by atoms with E-state index in [1.54, 1.807) is 7.11 Å². The Morgan fingerprint density at radius 3 is 2.59 bits per heavy atom. The molecule has 5 rings (SSSR count). The number of nitrogens with zero attached hydrogens (tertiary/aromatic N) is 2. The first-order valence-electron chi connectivity index (χ1n) is 11.9. The van der Waals surface area contributed by atoms with Crippen LogP contribution in [-0.2, 0) is 11.2 Å². The lowest BCUT2D eigenvalue weighted by molar-refractivity contribution is -0.126. The van der Waals surface area contributed by atoms with E-state index in [4.69, 9.17) is 4.74 Å². The molecule has 5 nitrogen and oxygen atoms in total. The summed E-state index contributed by atoms with van der Waals surface area (Å²) in [4.78, 5) is 18.2. The molecule has 2 aromatic rings. The van der Waals surface area contributed by atoms with Crippen LogP contribution >= 0.6 is 0 Å². The molecule has 1 amide bonds. The second kappa shape index (κ2) is 9.00. The van der Waals surface area contributed by atoms with Crippen LogP contribution in [0.5, 0.6) is 5.75 Å². The van der Waals surface area contributed by atoms with Crippen molar-refractivity contribution in [3.63, 3.8) is 0 Å². The van der Waals surface area contributed by atoms with Crippen molar-refractivity contribution in [3.05, 3.63) is 53.8 Å². The Morgan fingerprint density at radius 2 is 1.84 bits per heavy atom. The molecule has 0 unspecified atom stereocenters. The minimum atomic E-state index is -0.226. The van der Waals surface area contributed by atoms with E-state index in [1.807, 2.05) is 18.2 Å². The number of anilines is 2. The van der Waals surface area contributed by atoms with Gasteiger partial charge in [0.05, 0.1) is 19.1 Å². The number of fused-ring (bicyclic) bond motifs is 3. The average Bonchev–Trinajstić information content (AvgIpc) is 2.84. The van der Waals surface area contributed by atoms with Gasteiger partial charge in [-0.1, -0.05) is 25.3 Å². The van der Waals surface area contributed by atoms with Gasteiger partial charge >= 0.3 is 0 Å². The maximum atomic E-state index is 13.5. The molecule has 0 spiro atoms. The van der Waals surface area contributed by atoms with E-state index in [0.29, 0.717) is 6.04 Å². The number of benzene rings is 2. The molecule has 1 saturated heterocycles. The Hall–Kier alpha value is -2.76. The van der Waals surface area contributed by atoms with Crippen molar-refractivity contribution >= 4 is 17.3 Å². The number of ether oxygens (including phenoxy) is 1. The highest BCUT2D eigenvalue weighted by Gasteiger charge is 2.42. The molecule has 1 N–H and O–H groups in total. The highest BCUT2D eigenvalue weighted by atomic mass is 19.1. The smallest absolute Gasteiger partial charge is 0.225 e. The largest absolute Gasteiger partial charge is 0.497 e. The monoisotopic (exact) mass is 437 g/mol. The number of nitrogens with one attached hydrogen (secondary N) is 1. The van der Waals surface area contributed by atoms with Crippen LogP contribution in [0.3, 0.4) is 0 Å². The van der Waals surface area contributed by atoms with E-state index in [-0.39, 0.29) is 23.7 Å². The molecule has 2 heterocycles. The number of hydrogen-bond acceptors (Lipinski definition) is 4. The molecular formula is C26H32FN3O2. The van der Waals surface area contributed by atoms with Gasteiger partial charge in [-0.05, 0) is 55.2 Å². The zero-order chi connectivity index (χ0) is 22.1. The fourth-order valence-corrected chi connectivity index (χ4v) is 5.65. The molecular weight excluding hydrogens is 405 g/mol. The summed E-state index contributed by atoms with van der Waals surface area (Å²) in [5, 5.41) is 3.38. The Kier molecular flexibility index (Phi) is 5.94. The molecule has 32 heavy (non-hydrogen) atoms. The Balaban J connectivity index is 1.43. The highest BCUT2D eigenvalue weighted by Crippen LogP contribution is 2.39. The highest BCUT2D eigenvalue weighted by molar-refractivity contribution is 5.83. The average molecular weight is 438 g/mol. The normalized spacial score (nSPS) is 23.3.